The van der Waals surface area contributed by atoms with Crippen LogP contribution in [0.1, 0.15) is 43.0 Å². The number of rotatable bonds is 9. The predicted molar refractivity (Wildman–Crippen MR) is 155 cm³/mol. The number of fused-ring (bicyclic) bond motifs is 1. The Balaban J connectivity index is 1.75. The lowest BCUT2D eigenvalue weighted by Gasteiger charge is -2.30. The highest BCUT2D eigenvalue weighted by molar-refractivity contribution is 5.81. The van der Waals surface area contributed by atoms with Gasteiger partial charge in [-0.05, 0) is 56.0 Å². The van der Waals surface area contributed by atoms with Crippen molar-refractivity contribution >= 4 is 23.8 Å². The highest BCUT2D eigenvalue weighted by atomic mass is 19.4. The number of hydrogen-bond donors (Lipinski definition) is 1. The first kappa shape index (κ1) is 33.1. The minimum absolute atomic E-state index is 0.0237. The van der Waals surface area contributed by atoms with Crippen LogP contribution >= 0.6 is 0 Å². The maximum atomic E-state index is 13.7. The van der Waals surface area contributed by atoms with E-state index in [1.54, 1.807) is 32.9 Å². The molecule has 1 aliphatic heterocycles. The molecule has 0 aromatic heterocycles. The lowest BCUT2D eigenvalue weighted by Crippen LogP contribution is -2.43. The van der Waals surface area contributed by atoms with Crippen LogP contribution in [0.5, 0.6) is 0 Å². The van der Waals surface area contributed by atoms with Gasteiger partial charge in [0.1, 0.15) is 5.60 Å². The molecule has 0 unspecified atom stereocenters. The third kappa shape index (κ3) is 9.56. The fourth-order valence-corrected chi connectivity index (χ4v) is 4.54. The molecule has 43 heavy (non-hydrogen) atoms. The number of amides is 3. The van der Waals surface area contributed by atoms with E-state index in [2.05, 4.69) is 11.2 Å². The molecular weight excluding hydrogens is 565 g/mol. The van der Waals surface area contributed by atoms with E-state index in [4.69, 9.17) is 15.9 Å². The molecule has 0 saturated carbocycles. The van der Waals surface area contributed by atoms with Gasteiger partial charge in [-0.25, -0.2) is 9.59 Å². The molecule has 0 aliphatic carbocycles. The molecule has 232 valence electrons. The average molecular weight is 603 g/mol. The molecule has 0 fully saturated rings. The lowest BCUT2D eigenvalue weighted by atomic mass is 9.98. The van der Waals surface area contributed by atoms with E-state index in [9.17, 15) is 27.6 Å². The first-order valence-electron chi connectivity index (χ1n) is 13.8. The highest BCUT2D eigenvalue weighted by Gasteiger charge is 2.34. The zero-order valence-corrected chi connectivity index (χ0v) is 24.8. The monoisotopic (exact) mass is 602 g/mol. The van der Waals surface area contributed by atoms with E-state index < -0.39 is 35.4 Å². The third-order valence-electron chi connectivity index (χ3n) is 6.68. The van der Waals surface area contributed by atoms with Gasteiger partial charge in [-0.1, -0.05) is 36.3 Å². The van der Waals surface area contributed by atoms with Crippen LogP contribution < -0.4 is 5.32 Å². The molecule has 12 heteroatoms. The van der Waals surface area contributed by atoms with Crippen LogP contribution in [-0.2, 0) is 40.0 Å². The van der Waals surface area contributed by atoms with Crippen molar-refractivity contribution in [2.75, 3.05) is 45.2 Å². The number of carbonyl (C=O) groups excluding carboxylic acids is 3. The summed E-state index contributed by atoms with van der Waals surface area (Å²) < 4.78 is 51.5. The van der Waals surface area contributed by atoms with Gasteiger partial charge in [0.15, 0.2) is 6.61 Å². The van der Waals surface area contributed by atoms with E-state index in [0.29, 0.717) is 25.2 Å². The van der Waals surface area contributed by atoms with Gasteiger partial charge >= 0.3 is 18.4 Å². The van der Waals surface area contributed by atoms with Crippen molar-refractivity contribution in [3.8, 4) is 12.3 Å². The number of nitrogens with zero attached hydrogens (tertiary/aromatic N) is 3. The zero-order valence-electron chi connectivity index (χ0n) is 24.8. The normalized spacial score (nSPS) is 12.9. The fourth-order valence-electron chi connectivity index (χ4n) is 4.54. The third-order valence-corrected chi connectivity index (χ3v) is 6.68. The minimum Gasteiger partial charge on any atom is -0.444 e. The topological polar surface area (TPSA) is 91.4 Å². The second kappa shape index (κ2) is 14.2. The Morgan fingerprint density at radius 2 is 1.79 bits per heavy atom. The molecule has 1 N–H and O–H groups in total. The van der Waals surface area contributed by atoms with Crippen LogP contribution in [0, 0.1) is 12.3 Å². The van der Waals surface area contributed by atoms with Crippen LogP contribution in [-0.4, -0.2) is 78.2 Å². The molecule has 0 atom stereocenters. The smallest absolute Gasteiger partial charge is 0.416 e. The Morgan fingerprint density at radius 1 is 1.07 bits per heavy atom. The van der Waals surface area contributed by atoms with Crippen LogP contribution in [0.15, 0.2) is 42.5 Å². The summed E-state index contributed by atoms with van der Waals surface area (Å²) in [6.45, 7) is 5.25. The summed E-state index contributed by atoms with van der Waals surface area (Å²) in [7, 11) is 1.50. The van der Waals surface area contributed by atoms with Crippen molar-refractivity contribution in [2.45, 2.75) is 52.1 Å². The number of halogens is 3. The van der Waals surface area contributed by atoms with Crippen molar-refractivity contribution in [1.82, 2.24) is 14.7 Å². The number of hydrogen-bond acceptors (Lipinski definition) is 6. The number of terminal acetylenes is 1. The fraction of sp³-hybridized carbons (Fsp3) is 0.452. The summed E-state index contributed by atoms with van der Waals surface area (Å²) in [6, 6.07) is 10.6. The molecule has 2 aromatic carbocycles. The van der Waals surface area contributed by atoms with Gasteiger partial charge in [0.25, 0.3) is 0 Å². The van der Waals surface area contributed by atoms with Crippen LogP contribution in [0.4, 0.5) is 28.4 Å². The molecule has 1 aliphatic rings. The molecule has 1 heterocycles. The van der Waals surface area contributed by atoms with Gasteiger partial charge in [0.2, 0.25) is 5.91 Å². The minimum atomic E-state index is -4.60. The molecule has 0 spiro atoms. The second-order valence-corrected chi connectivity index (χ2v) is 11.1. The first-order chi connectivity index (χ1) is 20.2. The second-order valence-electron chi connectivity index (χ2n) is 11.1. The Kier molecular flexibility index (Phi) is 10.9. The van der Waals surface area contributed by atoms with Gasteiger partial charge in [0.05, 0.1) is 12.1 Å². The maximum Gasteiger partial charge on any atom is 0.416 e. The number of likely N-dealkylation sites (N-methyl/N-ethyl adjacent to an activating group) is 1. The van der Waals surface area contributed by atoms with E-state index in [-0.39, 0.29) is 38.3 Å². The van der Waals surface area contributed by atoms with Crippen LogP contribution in [0.2, 0.25) is 0 Å². The quantitative estimate of drug-likeness (QED) is 0.400. The standard InChI is InChI=1S/C31H37F3N4O5/c1-6-18-42-29(41)38-15-14-24-22(20-38)11-9-13-26(24)35-19-27(39)37(17-16-36(5)28(40)43-30(2,3)4)21-23-10-7-8-12-25(23)31(32,33)34/h1,7-13,35H,14-21H2,2-5H3. The molecule has 2 aromatic rings. The Morgan fingerprint density at radius 3 is 2.47 bits per heavy atom. The largest absolute Gasteiger partial charge is 0.444 e. The molecule has 0 saturated heterocycles. The SMILES string of the molecule is C#CCOC(=O)N1CCc2c(cccc2NCC(=O)N(CCN(C)C(=O)OC(C)(C)C)Cc2ccccc2C(F)(F)F)C1. The van der Waals surface area contributed by atoms with Crippen molar-refractivity contribution in [3.05, 3.63) is 64.7 Å². The predicted octanol–water partition coefficient (Wildman–Crippen LogP) is 5.14. The Labute approximate surface area is 249 Å². The number of alkyl halides is 3. The van der Waals surface area contributed by atoms with Crippen LogP contribution in [0.3, 0.4) is 0 Å². The maximum absolute atomic E-state index is 13.7. The number of nitrogens with one attached hydrogen (secondary N) is 1. The van der Waals surface area contributed by atoms with E-state index in [1.165, 1.54) is 39.9 Å². The number of carbonyl (C=O) groups is 3. The Hall–Kier alpha value is -4.40. The number of anilines is 1. The molecular formula is C31H37F3N4O5. The van der Waals surface area contributed by atoms with Crippen molar-refractivity contribution < 1.29 is 37.0 Å². The number of benzene rings is 2. The van der Waals surface area contributed by atoms with E-state index >= 15 is 0 Å². The molecule has 9 nitrogen and oxygen atoms in total. The van der Waals surface area contributed by atoms with Crippen molar-refractivity contribution in [3.63, 3.8) is 0 Å². The van der Waals surface area contributed by atoms with Gasteiger partial charge in [0, 0.05) is 45.5 Å². The molecule has 0 radical (unpaired) electrons. The summed E-state index contributed by atoms with van der Waals surface area (Å²) in [4.78, 5) is 42.3. The van der Waals surface area contributed by atoms with Gasteiger partial charge in [-0.15, -0.1) is 6.42 Å². The van der Waals surface area contributed by atoms with Gasteiger partial charge < -0.3 is 29.5 Å². The Bertz CT molecular complexity index is 1350. The van der Waals surface area contributed by atoms with Crippen molar-refractivity contribution in [1.29, 1.82) is 0 Å². The lowest BCUT2D eigenvalue weighted by molar-refractivity contribution is -0.139. The first-order valence-corrected chi connectivity index (χ1v) is 13.8. The summed E-state index contributed by atoms with van der Waals surface area (Å²) in [5, 5.41) is 3.12. The molecule has 3 rings (SSSR count). The van der Waals surface area contributed by atoms with E-state index in [1.807, 2.05) is 6.07 Å². The average Bonchev–Trinajstić information content (AvgIpc) is 2.94. The molecule has 0 bridgehead atoms. The summed E-state index contributed by atoms with van der Waals surface area (Å²) in [5.74, 6) is 1.80. The van der Waals surface area contributed by atoms with Gasteiger partial charge in [-0.3, -0.25) is 4.79 Å². The zero-order chi connectivity index (χ0) is 31.8. The summed E-state index contributed by atoms with van der Waals surface area (Å²) >= 11 is 0. The summed E-state index contributed by atoms with van der Waals surface area (Å²) in [5.41, 5.74) is 0.862. The van der Waals surface area contributed by atoms with Crippen LogP contribution in [0.25, 0.3) is 0 Å². The highest BCUT2D eigenvalue weighted by Crippen LogP contribution is 2.32. The number of ether oxygens (including phenoxy) is 2. The van der Waals surface area contributed by atoms with E-state index in [0.717, 1.165) is 17.2 Å². The van der Waals surface area contributed by atoms with Crippen molar-refractivity contribution in [2.24, 2.45) is 0 Å². The molecule has 3 amide bonds. The summed E-state index contributed by atoms with van der Waals surface area (Å²) in [6.07, 6.45) is -0.0531. The van der Waals surface area contributed by atoms with Gasteiger partial charge in [-0.2, -0.15) is 13.2 Å².